The summed E-state index contributed by atoms with van der Waals surface area (Å²) in [6, 6.07) is 10.8. The molecular formula is C11H10N2O. The fourth-order valence-electron chi connectivity index (χ4n) is 1.30. The quantitative estimate of drug-likeness (QED) is 0.665. The Labute approximate surface area is 81.2 Å². The maximum absolute atomic E-state index is 11.1. The minimum atomic E-state index is -0.0978. The van der Waals surface area contributed by atoms with Gasteiger partial charge in [0.1, 0.15) is 0 Å². The molecule has 0 fully saturated rings. The topological polar surface area (TPSA) is 58.9 Å². The number of benzene rings is 1. The molecule has 0 spiro atoms. The first-order valence-corrected chi connectivity index (χ1v) is 4.30. The van der Waals surface area contributed by atoms with E-state index in [0.29, 0.717) is 0 Å². The molecule has 1 aromatic carbocycles. The molecule has 0 saturated carbocycles. The van der Waals surface area contributed by atoms with E-state index in [1.165, 1.54) is 0 Å². The number of nitrogen functional groups attached to an aromatic ring is 1. The van der Waals surface area contributed by atoms with E-state index >= 15 is 0 Å². The number of hydrogen-bond acceptors (Lipinski definition) is 2. The molecule has 3 nitrogen and oxygen atoms in total. The first kappa shape index (κ1) is 8.56. The minimum absolute atomic E-state index is 0.0978. The molecular weight excluding hydrogens is 176 g/mol. The Balaban J connectivity index is 2.50. The van der Waals surface area contributed by atoms with Crippen molar-refractivity contribution in [2.45, 2.75) is 0 Å². The van der Waals surface area contributed by atoms with Crippen molar-refractivity contribution in [2.24, 2.45) is 0 Å². The predicted octanol–water partition coefficient (Wildman–Crippen LogP) is 1.62. The number of aromatic amines is 1. The normalized spacial score (nSPS) is 10.0. The van der Waals surface area contributed by atoms with Crippen LogP contribution < -0.4 is 11.3 Å². The molecule has 0 aliphatic rings. The number of H-pyrrole nitrogens is 1. The van der Waals surface area contributed by atoms with Crippen molar-refractivity contribution >= 4 is 5.69 Å². The third-order valence-electron chi connectivity index (χ3n) is 2.02. The lowest BCUT2D eigenvalue weighted by atomic mass is 10.1. The lowest BCUT2D eigenvalue weighted by Gasteiger charge is -2.00. The van der Waals surface area contributed by atoms with Crippen molar-refractivity contribution < 1.29 is 0 Å². The largest absolute Gasteiger partial charge is 0.399 e. The Kier molecular flexibility index (Phi) is 2.07. The van der Waals surface area contributed by atoms with Crippen molar-refractivity contribution in [2.75, 3.05) is 5.73 Å². The molecule has 0 amide bonds. The summed E-state index contributed by atoms with van der Waals surface area (Å²) in [6.07, 6.45) is 1.63. The summed E-state index contributed by atoms with van der Waals surface area (Å²) in [6.45, 7) is 0. The van der Waals surface area contributed by atoms with Gasteiger partial charge in [0.2, 0.25) is 5.56 Å². The van der Waals surface area contributed by atoms with Gasteiger partial charge in [0.05, 0.1) is 0 Å². The highest BCUT2D eigenvalue weighted by Gasteiger charge is 1.96. The molecule has 0 saturated heterocycles. The highest BCUT2D eigenvalue weighted by atomic mass is 16.1. The third-order valence-corrected chi connectivity index (χ3v) is 2.02. The predicted molar refractivity (Wildman–Crippen MR) is 56.9 cm³/mol. The van der Waals surface area contributed by atoms with Gasteiger partial charge in [-0.2, -0.15) is 0 Å². The standard InChI is InChI=1S/C11H10N2O/c12-10-3-1-8(2-4-10)9-5-6-13-11(14)7-9/h1-7H,12H2,(H,13,14). The third kappa shape index (κ3) is 1.66. The fourth-order valence-corrected chi connectivity index (χ4v) is 1.30. The van der Waals surface area contributed by atoms with Crippen LogP contribution in [0.2, 0.25) is 0 Å². The van der Waals surface area contributed by atoms with E-state index in [1.54, 1.807) is 12.3 Å². The highest BCUT2D eigenvalue weighted by molar-refractivity contribution is 5.64. The number of hydrogen-bond donors (Lipinski definition) is 2. The molecule has 1 heterocycles. The second kappa shape index (κ2) is 3.38. The molecule has 0 aliphatic heterocycles. The molecule has 14 heavy (non-hydrogen) atoms. The lowest BCUT2D eigenvalue weighted by Crippen LogP contribution is -2.01. The molecule has 0 aliphatic carbocycles. The number of nitrogens with two attached hydrogens (primary N) is 1. The zero-order chi connectivity index (χ0) is 9.97. The van der Waals surface area contributed by atoms with Crippen LogP contribution in [0.4, 0.5) is 5.69 Å². The average molecular weight is 186 g/mol. The van der Waals surface area contributed by atoms with Crippen LogP contribution in [0.3, 0.4) is 0 Å². The van der Waals surface area contributed by atoms with Crippen LogP contribution in [0.15, 0.2) is 47.4 Å². The molecule has 1 aromatic heterocycles. The molecule has 2 rings (SSSR count). The summed E-state index contributed by atoms with van der Waals surface area (Å²) in [4.78, 5) is 13.6. The van der Waals surface area contributed by atoms with E-state index < -0.39 is 0 Å². The summed E-state index contributed by atoms with van der Waals surface area (Å²) < 4.78 is 0. The van der Waals surface area contributed by atoms with Gasteiger partial charge in [-0.05, 0) is 29.3 Å². The average Bonchev–Trinajstić information content (AvgIpc) is 2.19. The van der Waals surface area contributed by atoms with Crippen LogP contribution in [-0.4, -0.2) is 4.98 Å². The number of rotatable bonds is 1. The Morgan fingerprint density at radius 3 is 2.36 bits per heavy atom. The zero-order valence-electron chi connectivity index (χ0n) is 7.53. The molecule has 0 atom stereocenters. The van der Waals surface area contributed by atoms with Crippen molar-refractivity contribution in [3.8, 4) is 11.1 Å². The SMILES string of the molecule is Nc1ccc(-c2cc[nH]c(=O)c2)cc1. The smallest absolute Gasteiger partial charge is 0.248 e. The van der Waals surface area contributed by atoms with Gasteiger partial charge in [-0.25, -0.2) is 0 Å². The molecule has 0 bridgehead atoms. The van der Waals surface area contributed by atoms with Crippen molar-refractivity contribution in [1.82, 2.24) is 4.98 Å². The van der Waals surface area contributed by atoms with E-state index in [-0.39, 0.29) is 5.56 Å². The minimum Gasteiger partial charge on any atom is -0.399 e. The monoisotopic (exact) mass is 186 g/mol. The second-order valence-electron chi connectivity index (χ2n) is 3.06. The highest BCUT2D eigenvalue weighted by Crippen LogP contribution is 2.17. The van der Waals surface area contributed by atoms with Crippen molar-refractivity contribution in [3.63, 3.8) is 0 Å². The van der Waals surface area contributed by atoms with Crippen LogP contribution >= 0.6 is 0 Å². The summed E-state index contributed by atoms with van der Waals surface area (Å²) >= 11 is 0. The number of pyridine rings is 1. The molecule has 0 unspecified atom stereocenters. The van der Waals surface area contributed by atoms with E-state index in [1.807, 2.05) is 30.3 Å². The van der Waals surface area contributed by atoms with Crippen LogP contribution in [0.5, 0.6) is 0 Å². The molecule has 3 heteroatoms. The Hall–Kier alpha value is -2.03. The fraction of sp³-hybridized carbons (Fsp3) is 0. The van der Waals surface area contributed by atoms with Gasteiger partial charge in [-0.3, -0.25) is 4.79 Å². The van der Waals surface area contributed by atoms with E-state index in [0.717, 1.165) is 16.8 Å². The Morgan fingerprint density at radius 2 is 1.71 bits per heavy atom. The Bertz CT molecular complexity index is 485. The van der Waals surface area contributed by atoms with Gasteiger partial charge in [-0.15, -0.1) is 0 Å². The van der Waals surface area contributed by atoms with E-state index in [2.05, 4.69) is 4.98 Å². The maximum Gasteiger partial charge on any atom is 0.248 e. The number of aromatic nitrogens is 1. The number of nitrogens with one attached hydrogen (secondary N) is 1. The first-order chi connectivity index (χ1) is 6.75. The van der Waals surface area contributed by atoms with Gasteiger partial charge >= 0.3 is 0 Å². The van der Waals surface area contributed by atoms with Crippen LogP contribution in [-0.2, 0) is 0 Å². The molecule has 0 radical (unpaired) electrons. The van der Waals surface area contributed by atoms with Gasteiger partial charge in [-0.1, -0.05) is 12.1 Å². The number of anilines is 1. The van der Waals surface area contributed by atoms with Gasteiger partial charge in [0.15, 0.2) is 0 Å². The summed E-state index contributed by atoms with van der Waals surface area (Å²) in [7, 11) is 0. The second-order valence-corrected chi connectivity index (χ2v) is 3.06. The molecule has 2 aromatic rings. The summed E-state index contributed by atoms with van der Waals surface area (Å²) in [5, 5.41) is 0. The van der Waals surface area contributed by atoms with Crippen LogP contribution in [0.1, 0.15) is 0 Å². The Morgan fingerprint density at radius 1 is 1.00 bits per heavy atom. The maximum atomic E-state index is 11.1. The van der Waals surface area contributed by atoms with E-state index in [9.17, 15) is 4.79 Å². The van der Waals surface area contributed by atoms with Gasteiger partial charge < -0.3 is 10.7 Å². The first-order valence-electron chi connectivity index (χ1n) is 4.30. The van der Waals surface area contributed by atoms with E-state index in [4.69, 9.17) is 5.73 Å². The summed E-state index contributed by atoms with van der Waals surface area (Å²) in [5.41, 5.74) is 8.08. The van der Waals surface area contributed by atoms with Crippen molar-refractivity contribution in [3.05, 3.63) is 52.9 Å². The summed E-state index contributed by atoms with van der Waals surface area (Å²) in [5.74, 6) is 0. The van der Waals surface area contributed by atoms with Crippen LogP contribution in [0.25, 0.3) is 11.1 Å². The molecule has 3 N–H and O–H groups in total. The lowest BCUT2D eigenvalue weighted by molar-refractivity contribution is 1.24. The van der Waals surface area contributed by atoms with Crippen LogP contribution in [0, 0.1) is 0 Å². The van der Waals surface area contributed by atoms with Gasteiger partial charge in [0.25, 0.3) is 0 Å². The molecule has 70 valence electrons. The van der Waals surface area contributed by atoms with Gasteiger partial charge in [0, 0.05) is 18.0 Å². The van der Waals surface area contributed by atoms with Crippen molar-refractivity contribution in [1.29, 1.82) is 0 Å². The zero-order valence-corrected chi connectivity index (χ0v) is 7.53.